The standard InChI is InChI=1S/C29H38N6O/c1-22-18-28(35-16-14-33(2)15-17-35)32-27-9-8-25(19-26(22)27)30-20-29(36)31-24-10-12-34(13-11-24)21-23-6-4-3-5-7-23/h3-9,18-19,24,30H,10-17,20-21H2,1-2H3,(H,31,36). The summed E-state index contributed by atoms with van der Waals surface area (Å²) in [6, 6.07) is 19.2. The Kier molecular flexibility index (Phi) is 7.68. The van der Waals surface area contributed by atoms with Crippen molar-refractivity contribution in [2.75, 3.05) is 63.1 Å². The number of pyridine rings is 1. The van der Waals surface area contributed by atoms with Crippen LogP contribution in [-0.4, -0.2) is 79.6 Å². The van der Waals surface area contributed by atoms with E-state index in [1.165, 1.54) is 11.1 Å². The minimum atomic E-state index is 0.0527. The second-order valence-corrected chi connectivity index (χ2v) is 10.3. The number of nitrogens with one attached hydrogen (secondary N) is 2. The van der Waals surface area contributed by atoms with Crippen molar-refractivity contribution in [3.63, 3.8) is 0 Å². The minimum absolute atomic E-state index is 0.0527. The topological polar surface area (TPSA) is 63.7 Å². The number of fused-ring (bicyclic) bond motifs is 1. The Bertz CT molecular complexity index is 1170. The lowest BCUT2D eigenvalue weighted by molar-refractivity contribution is -0.120. The van der Waals surface area contributed by atoms with Crippen molar-refractivity contribution in [3.8, 4) is 0 Å². The van der Waals surface area contributed by atoms with Gasteiger partial charge in [-0.3, -0.25) is 9.69 Å². The molecule has 3 aromatic rings. The molecule has 1 amide bonds. The Labute approximate surface area is 214 Å². The van der Waals surface area contributed by atoms with Crippen LogP contribution in [0.5, 0.6) is 0 Å². The maximum atomic E-state index is 12.6. The number of aromatic nitrogens is 1. The normalized spacial score (nSPS) is 17.9. The van der Waals surface area contributed by atoms with Crippen LogP contribution in [0.15, 0.2) is 54.6 Å². The van der Waals surface area contributed by atoms with E-state index in [9.17, 15) is 4.79 Å². The largest absolute Gasteiger partial charge is 0.376 e. The van der Waals surface area contributed by atoms with Crippen molar-refractivity contribution in [2.45, 2.75) is 32.4 Å². The molecule has 3 heterocycles. The molecule has 2 aliphatic heterocycles. The molecule has 7 nitrogen and oxygen atoms in total. The number of nitrogens with zero attached hydrogens (tertiary/aromatic N) is 4. The molecule has 2 aromatic carbocycles. The van der Waals surface area contributed by atoms with Gasteiger partial charge in [-0.15, -0.1) is 0 Å². The van der Waals surface area contributed by atoms with E-state index in [-0.39, 0.29) is 18.5 Å². The molecule has 2 aliphatic rings. The summed E-state index contributed by atoms with van der Waals surface area (Å²) in [5, 5.41) is 7.66. The molecule has 0 unspecified atom stereocenters. The molecule has 36 heavy (non-hydrogen) atoms. The molecule has 0 atom stereocenters. The van der Waals surface area contributed by atoms with Gasteiger partial charge in [-0.05, 0) is 62.2 Å². The zero-order valence-electron chi connectivity index (χ0n) is 21.5. The van der Waals surface area contributed by atoms with Gasteiger partial charge in [0.1, 0.15) is 5.82 Å². The number of anilines is 2. The van der Waals surface area contributed by atoms with Crippen LogP contribution in [0.1, 0.15) is 24.0 Å². The van der Waals surface area contributed by atoms with E-state index in [0.717, 1.165) is 81.1 Å². The number of hydrogen-bond donors (Lipinski definition) is 2. The van der Waals surface area contributed by atoms with Crippen molar-refractivity contribution >= 4 is 28.3 Å². The summed E-state index contributed by atoms with van der Waals surface area (Å²) < 4.78 is 0. The third kappa shape index (κ3) is 6.15. The highest BCUT2D eigenvalue weighted by Crippen LogP contribution is 2.26. The van der Waals surface area contributed by atoms with Gasteiger partial charge in [0.05, 0.1) is 12.1 Å². The van der Waals surface area contributed by atoms with Gasteiger partial charge in [0.25, 0.3) is 0 Å². The van der Waals surface area contributed by atoms with Gasteiger partial charge in [-0.2, -0.15) is 0 Å². The lowest BCUT2D eigenvalue weighted by Crippen LogP contribution is -2.45. The number of aryl methyl sites for hydroxylation is 1. The highest BCUT2D eigenvalue weighted by atomic mass is 16.2. The van der Waals surface area contributed by atoms with Crippen LogP contribution in [-0.2, 0) is 11.3 Å². The number of amides is 1. The SMILES string of the molecule is Cc1cc(N2CCN(C)CC2)nc2ccc(NCC(=O)NC3CCN(Cc4ccccc4)CC3)cc12. The van der Waals surface area contributed by atoms with E-state index < -0.39 is 0 Å². The second-order valence-electron chi connectivity index (χ2n) is 10.3. The van der Waals surface area contributed by atoms with Crippen LogP contribution >= 0.6 is 0 Å². The fourth-order valence-corrected chi connectivity index (χ4v) is 5.22. The lowest BCUT2D eigenvalue weighted by Gasteiger charge is -2.33. The van der Waals surface area contributed by atoms with E-state index >= 15 is 0 Å². The number of carbonyl (C=O) groups is 1. The van der Waals surface area contributed by atoms with E-state index in [1.54, 1.807) is 0 Å². The van der Waals surface area contributed by atoms with E-state index in [2.05, 4.69) is 87.8 Å². The lowest BCUT2D eigenvalue weighted by atomic mass is 10.0. The molecule has 0 spiro atoms. The number of likely N-dealkylation sites (tertiary alicyclic amines) is 1. The Morgan fingerprint density at radius 1 is 0.972 bits per heavy atom. The highest BCUT2D eigenvalue weighted by Gasteiger charge is 2.21. The zero-order chi connectivity index (χ0) is 24.9. The molecule has 1 aromatic heterocycles. The Morgan fingerprint density at radius 3 is 2.47 bits per heavy atom. The van der Waals surface area contributed by atoms with Crippen LogP contribution < -0.4 is 15.5 Å². The monoisotopic (exact) mass is 486 g/mol. The molecule has 2 fully saturated rings. The van der Waals surface area contributed by atoms with Gasteiger partial charge in [-0.1, -0.05) is 30.3 Å². The smallest absolute Gasteiger partial charge is 0.239 e. The quantitative estimate of drug-likeness (QED) is 0.533. The average molecular weight is 487 g/mol. The van der Waals surface area contributed by atoms with Gasteiger partial charge < -0.3 is 20.4 Å². The van der Waals surface area contributed by atoms with E-state index in [1.807, 2.05) is 6.07 Å². The molecule has 2 saturated heterocycles. The number of piperazine rings is 1. The van der Waals surface area contributed by atoms with Crippen LogP contribution in [0.4, 0.5) is 11.5 Å². The fourth-order valence-electron chi connectivity index (χ4n) is 5.22. The predicted octanol–water partition coefficient (Wildman–Crippen LogP) is 3.49. The average Bonchev–Trinajstić information content (AvgIpc) is 2.90. The number of carbonyl (C=O) groups excluding carboxylic acids is 1. The number of rotatable bonds is 7. The van der Waals surface area contributed by atoms with Crippen LogP contribution in [0.3, 0.4) is 0 Å². The van der Waals surface area contributed by atoms with Crippen LogP contribution in [0.25, 0.3) is 10.9 Å². The van der Waals surface area contributed by atoms with Gasteiger partial charge >= 0.3 is 0 Å². The van der Waals surface area contributed by atoms with Gasteiger partial charge in [0.15, 0.2) is 0 Å². The first kappa shape index (κ1) is 24.5. The molecule has 2 N–H and O–H groups in total. The summed E-state index contributed by atoms with van der Waals surface area (Å²) in [5.74, 6) is 1.11. The maximum Gasteiger partial charge on any atom is 0.239 e. The summed E-state index contributed by atoms with van der Waals surface area (Å²) in [6.45, 7) is 9.58. The maximum absolute atomic E-state index is 12.6. The van der Waals surface area contributed by atoms with Gasteiger partial charge in [0.2, 0.25) is 5.91 Å². The predicted molar refractivity (Wildman–Crippen MR) is 148 cm³/mol. The molecule has 5 rings (SSSR count). The molecule has 0 aliphatic carbocycles. The Balaban J connectivity index is 1.11. The van der Waals surface area contributed by atoms with E-state index in [4.69, 9.17) is 4.98 Å². The molecule has 7 heteroatoms. The number of hydrogen-bond acceptors (Lipinski definition) is 6. The third-order valence-electron chi connectivity index (χ3n) is 7.48. The first-order chi connectivity index (χ1) is 17.5. The molecule has 0 bridgehead atoms. The summed E-state index contributed by atoms with van der Waals surface area (Å²) >= 11 is 0. The number of benzene rings is 2. The van der Waals surface area contributed by atoms with E-state index in [0.29, 0.717) is 0 Å². The van der Waals surface area contributed by atoms with Crippen molar-refractivity contribution < 1.29 is 4.79 Å². The summed E-state index contributed by atoms with van der Waals surface area (Å²) in [5.41, 5.74) is 4.51. The second kappa shape index (κ2) is 11.3. The van der Waals surface area contributed by atoms with Gasteiger partial charge in [-0.25, -0.2) is 4.98 Å². The fraction of sp³-hybridized carbons (Fsp3) is 0.448. The zero-order valence-corrected chi connectivity index (χ0v) is 21.5. The highest BCUT2D eigenvalue weighted by molar-refractivity contribution is 5.88. The van der Waals surface area contributed by atoms with Crippen molar-refractivity contribution in [1.29, 1.82) is 0 Å². The van der Waals surface area contributed by atoms with Crippen LogP contribution in [0, 0.1) is 6.92 Å². The molecule has 0 saturated carbocycles. The Hall–Kier alpha value is -3.16. The number of likely N-dealkylation sites (N-methyl/N-ethyl adjacent to an activating group) is 1. The first-order valence-corrected chi connectivity index (χ1v) is 13.2. The van der Waals surface area contributed by atoms with Gasteiger partial charge in [0, 0.05) is 62.9 Å². The minimum Gasteiger partial charge on any atom is -0.376 e. The molecule has 190 valence electrons. The molecular weight excluding hydrogens is 448 g/mol. The van der Waals surface area contributed by atoms with Crippen molar-refractivity contribution in [1.82, 2.24) is 20.1 Å². The van der Waals surface area contributed by atoms with Crippen molar-refractivity contribution in [2.24, 2.45) is 0 Å². The number of piperidine rings is 1. The Morgan fingerprint density at radius 2 is 1.72 bits per heavy atom. The molecule has 0 radical (unpaired) electrons. The first-order valence-electron chi connectivity index (χ1n) is 13.2. The van der Waals surface area contributed by atoms with Crippen molar-refractivity contribution in [3.05, 3.63) is 65.7 Å². The molecular formula is C29H38N6O. The summed E-state index contributed by atoms with van der Waals surface area (Å²) in [4.78, 5) is 24.7. The third-order valence-corrected chi connectivity index (χ3v) is 7.48. The summed E-state index contributed by atoms with van der Waals surface area (Å²) in [6.07, 6.45) is 1.99. The van der Waals surface area contributed by atoms with Crippen LogP contribution in [0.2, 0.25) is 0 Å². The summed E-state index contributed by atoms with van der Waals surface area (Å²) in [7, 11) is 2.17.